The lowest BCUT2D eigenvalue weighted by Crippen LogP contribution is -2.33. The van der Waals surface area contributed by atoms with Crippen LogP contribution < -0.4 is 11.1 Å². The molecule has 1 aliphatic heterocycles. The quantitative estimate of drug-likeness (QED) is 0.293. The molecule has 2 rings (SSSR count). The molecule has 1 fully saturated rings. The van der Waals surface area contributed by atoms with Crippen molar-refractivity contribution in [2.24, 2.45) is 10.9 Å². The summed E-state index contributed by atoms with van der Waals surface area (Å²) in [5.41, 5.74) is 7.28. The normalized spacial score (nSPS) is 22.0. The summed E-state index contributed by atoms with van der Waals surface area (Å²) in [5.74, 6) is 0.120. The number of hydrogen-bond acceptors (Lipinski definition) is 4. The number of hydrogen-bond donors (Lipinski definition) is 3. The SMILES string of the molecule is N/C(=N\O)c1ccc([C@H]2CNCCO2)cc1. The molecule has 0 radical (unpaired) electrons. The summed E-state index contributed by atoms with van der Waals surface area (Å²) in [4.78, 5) is 0. The van der Waals surface area contributed by atoms with E-state index in [0.29, 0.717) is 5.56 Å². The first kappa shape index (κ1) is 10.9. The first-order chi connectivity index (χ1) is 7.81. The first-order valence-electron chi connectivity index (χ1n) is 5.21. The van der Waals surface area contributed by atoms with Crippen LogP contribution in [0.2, 0.25) is 0 Å². The number of nitrogens with one attached hydrogen (secondary N) is 1. The average Bonchev–Trinajstić information content (AvgIpc) is 2.39. The van der Waals surface area contributed by atoms with E-state index in [0.717, 1.165) is 25.3 Å². The molecule has 1 saturated heterocycles. The van der Waals surface area contributed by atoms with E-state index >= 15 is 0 Å². The third kappa shape index (κ3) is 2.32. The van der Waals surface area contributed by atoms with Crippen molar-refractivity contribution in [3.8, 4) is 0 Å². The molecule has 4 N–H and O–H groups in total. The number of nitrogens with zero attached hydrogens (tertiary/aromatic N) is 1. The van der Waals surface area contributed by atoms with Crippen LogP contribution in [0.25, 0.3) is 0 Å². The van der Waals surface area contributed by atoms with Crippen molar-refractivity contribution in [2.45, 2.75) is 6.10 Å². The summed E-state index contributed by atoms with van der Waals surface area (Å²) < 4.78 is 5.62. The van der Waals surface area contributed by atoms with Gasteiger partial charge in [0.05, 0.1) is 12.7 Å². The highest BCUT2D eigenvalue weighted by Gasteiger charge is 2.15. The topological polar surface area (TPSA) is 79.9 Å². The Labute approximate surface area is 93.9 Å². The molecule has 5 nitrogen and oxygen atoms in total. The Morgan fingerprint density at radius 1 is 1.44 bits per heavy atom. The minimum atomic E-state index is 0.0927. The number of benzene rings is 1. The largest absolute Gasteiger partial charge is 0.409 e. The van der Waals surface area contributed by atoms with Crippen LogP contribution in [0.1, 0.15) is 17.2 Å². The minimum absolute atomic E-state index is 0.0927. The summed E-state index contributed by atoms with van der Waals surface area (Å²) in [6.07, 6.45) is 0.0927. The smallest absolute Gasteiger partial charge is 0.170 e. The van der Waals surface area contributed by atoms with Gasteiger partial charge in [-0.05, 0) is 5.56 Å². The van der Waals surface area contributed by atoms with Gasteiger partial charge in [0.1, 0.15) is 0 Å². The highest BCUT2D eigenvalue weighted by molar-refractivity contribution is 5.96. The maximum absolute atomic E-state index is 8.53. The average molecular weight is 221 g/mol. The Kier molecular flexibility index (Phi) is 3.38. The zero-order valence-corrected chi connectivity index (χ0v) is 8.89. The fraction of sp³-hybridized carbons (Fsp3) is 0.364. The molecule has 0 aliphatic carbocycles. The summed E-state index contributed by atoms with van der Waals surface area (Å²) in [6, 6.07) is 7.51. The molecule has 1 aromatic rings. The molecule has 0 amide bonds. The van der Waals surface area contributed by atoms with Crippen molar-refractivity contribution in [3.05, 3.63) is 35.4 Å². The maximum atomic E-state index is 8.53. The van der Waals surface area contributed by atoms with Crippen LogP contribution in [-0.4, -0.2) is 30.7 Å². The molecule has 1 aliphatic rings. The molecule has 1 heterocycles. The standard InChI is InChI=1S/C11H15N3O2/c12-11(14-15)9-3-1-8(2-4-9)10-7-13-5-6-16-10/h1-4,10,13,15H,5-7H2,(H2,12,14)/t10-/m1/s1. The van der Waals surface area contributed by atoms with E-state index in [9.17, 15) is 0 Å². The molecule has 86 valence electrons. The van der Waals surface area contributed by atoms with Crippen molar-refractivity contribution in [1.82, 2.24) is 5.32 Å². The van der Waals surface area contributed by atoms with Gasteiger partial charge < -0.3 is 21.0 Å². The Balaban J connectivity index is 2.12. The van der Waals surface area contributed by atoms with Crippen LogP contribution in [0.4, 0.5) is 0 Å². The molecular weight excluding hydrogens is 206 g/mol. The van der Waals surface area contributed by atoms with Gasteiger partial charge in [0.25, 0.3) is 0 Å². The second-order valence-corrected chi connectivity index (χ2v) is 3.67. The molecule has 1 atom stereocenters. The predicted octanol–water partition coefficient (Wildman–Crippen LogP) is 0.442. The second kappa shape index (κ2) is 4.96. The molecule has 1 aromatic carbocycles. The Bertz CT molecular complexity index is 369. The van der Waals surface area contributed by atoms with Gasteiger partial charge in [-0.3, -0.25) is 0 Å². The van der Waals surface area contributed by atoms with Gasteiger partial charge in [0, 0.05) is 18.7 Å². The van der Waals surface area contributed by atoms with E-state index in [4.69, 9.17) is 15.7 Å². The number of amidine groups is 1. The van der Waals surface area contributed by atoms with E-state index in [-0.39, 0.29) is 11.9 Å². The lowest BCUT2D eigenvalue weighted by molar-refractivity contribution is 0.0277. The molecule has 5 heteroatoms. The predicted molar refractivity (Wildman–Crippen MR) is 60.5 cm³/mol. The highest BCUT2D eigenvalue weighted by atomic mass is 16.5. The van der Waals surface area contributed by atoms with Crippen molar-refractivity contribution >= 4 is 5.84 Å². The zero-order chi connectivity index (χ0) is 11.4. The fourth-order valence-electron chi connectivity index (χ4n) is 1.71. The van der Waals surface area contributed by atoms with Crippen molar-refractivity contribution in [2.75, 3.05) is 19.7 Å². The van der Waals surface area contributed by atoms with E-state index in [1.54, 1.807) is 0 Å². The molecule has 0 saturated carbocycles. The molecule has 0 spiro atoms. The van der Waals surface area contributed by atoms with Gasteiger partial charge >= 0.3 is 0 Å². The number of morpholine rings is 1. The highest BCUT2D eigenvalue weighted by Crippen LogP contribution is 2.18. The van der Waals surface area contributed by atoms with Gasteiger partial charge in [-0.2, -0.15) is 0 Å². The second-order valence-electron chi connectivity index (χ2n) is 3.67. The van der Waals surface area contributed by atoms with E-state index in [2.05, 4.69) is 10.5 Å². The van der Waals surface area contributed by atoms with Crippen LogP contribution in [0.5, 0.6) is 0 Å². The molecule has 0 unspecified atom stereocenters. The van der Waals surface area contributed by atoms with Crippen molar-refractivity contribution in [1.29, 1.82) is 0 Å². The van der Waals surface area contributed by atoms with Gasteiger partial charge in [0.2, 0.25) is 0 Å². The third-order valence-corrected chi connectivity index (χ3v) is 2.61. The van der Waals surface area contributed by atoms with Gasteiger partial charge in [-0.25, -0.2) is 0 Å². The van der Waals surface area contributed by atoms with E-state index in [1.807, 2.05) is 24.3 Å². The molecule has 16 heavy (non-hydrogen) atoms. The number of rotatable bonds is 2. The maximum Gasteiger partial charge on any atom is 0.170 e. The minimum Gasteiger partial charge on any atom is -0.409 e. The zero-order valence-electron chi connectivity index (χ0n) is 8.89. The van der Waals surface area contributed by atoms with Crippen LogP contribution in [0.3, 0.4) is 0 Å². The van der Waals surface area contributed by atoms with Gasteiger partial charge in [-0.15, -0.1) is 0 Å². The van der Waals surface area contributed by atoms with E-state index in [1.165, 1.54) is 0 Å². The summed E-state index contributed by atoms with van der Waals surface area (Å²) >= 11 is 0. The monoisotopic (exact) mass is 221 g/mol. The molecular formula is C11H15N3O2. The summed E-state index contributed by atoms with van der Waals surface area (Å²) in [5, 5.41) is 14.8. The number of ether oxygens (including phenoxy) is 1. The van der Waals surface area contributed by atoms with Crippen molar-refractivity contribution in [3.63, 3.8) is 0 Å². The number of oxime groups is 1. The lowest BCUT2D eigenvalue weighted by atomic mass is 10.1. The van der Waals surface area contributed by atoms with Crippen LogP contribution in [0.15, 0.2) is 29.4 Å². The molecule has 0 bridgehead atoms. The lowest BCUT2D eigenvalue weighted by Gasteiger charge is -2.24. The van der Waals surface area contributed by atoms with Gasteiger partial charge in [-0.1, -0.05) is 29.4 Å². The van der Waals surface area contributed by atoms with Crippen LogP contribution in [-0.2, 0) is 4.74 Å². The Hall–Kier alpha value is -1.59. The van der Waals surface area contributed by atoms with Crippen LogP contribution in [0, 0.1) is 0 Å². The Morgan fingerprint density at radius 3 is 2.75 bits per heavy atom. The summed E-state index contributed by atoms with van der Waals surface area (Å²) in [7, 11) is 0. The Morgan fingerprint density at radius 2 is 2.19 bits per heavy atom. The van der Waals surface area contributed by atoms with Crippen LogP contribution >= 0.6 is 0 Å². The third-order valence-electron chi connectivity index (χ3n) is 2.61. The fourth-order valence-corrected chi connectivity index (χ4v) is 1.71. The first-order valence-corrected chi connectivity index (χ1v) is 5.21. The van der Waals surface area contributed by atoms with E-state index < -0.39 is 0 Å². The van der Waals surface area contributed by atoms with Gasteiger partial charge in [0.15, 0.2) is 5.84 Å². The molecule has 0 aromatic heterocycles. The van der Waals surface area contributed by atoms with Crippen molar-refractivity contribution < 1.29 is 9.94 Å². The number of nitrogens with two attached hydrogens (primary N) is 1. The summed E-state index contributed by atoms with van der Waals surface area (Å²) in [6.45, 7) is 2.45.